The fourth-order valence-corrected chi connectivity index (χ4v) is 5.02. The number of fused-ring (bicyclic) bond motifs is 1. The quantitative estimate of drug-likeness (QED) is 0.338. The molecule has 1 aliphatic rings. The van der Waals surface area contributed by atoms with Gasteiger partial charge in [-0.05, 0) is 66.1 Å². The second-order valence-electron chi connectivity index (χ2n) is 8.85. The van der Waals surface area contributed by atoms with Crippen molar-refractivity contribution in [2.24, 2.45) is 0 Å². The van der Waals surface area contributed by atoms with Gasteiger partial charge in [0.15, 0.2) is 0 Å². The Hall–Kier alpha value is -2.64. The van der Waals surface area contributed by atoms with Crippen LogP contribution in [0.5, 0.6) is 5.75 Å². The van der Waals surface area contributed by atoms with E-state index in [2.05, 4.69) is 50.9 Å². The Morgan fingerprint density at radius 2 is 1.76 bits per heavy atom. The molecule has 0 spiro atoms. The van der Waals surface area contributed by atoms with Gasteiger partial charge >= 0.3 is 5.97 Å². The van der Waals surface area contributed by atoms with E-state index in [9.17, 15) is 14.7 Å². The standard InChI is InChI=1S/C27H25Br2NO4/c1-27(15-18-5-8-22(28)9-6-18)16-21-14-20(7-10-24(21)34-27)26(33)30(12-11-25(31)32)17-19-3-2-4-23(29)13-19/h2-10,13-14H,11-12,15-17H2,1H3,(H,31,32). The van der Waals surface area contributed by atoms with Gasteiger partial charge in [0.2, 0.25) is 0 Å². The zero-order chi connectivity index (χ0) is 24.3. The number of nitrogens with zero attached hydrogens (tertiary/aromatic N) is 1. The normalized spacial score (nSPS) is 16.6. The lowest BCUT2D eigenvalue weighted by molar-refractivity contribution is -0.137. The van der Waals surface area contributed by atoms with E-state index in [0.29, 0.717) is 18.5 Å². The molecule has 0 bridgehead atoms. The highest BCUT2D eigenvalue weighted by Gasteiger charge is 2.35. The predicted octanol–water partition coefficient (Wildman–Crippen LogP) is 6.27. The number of ether oxygens (including phenoxy) is 1. The summed E-state index contributed by atoms with van der Waals surface area (Å²) in [6.45, 7) is 2.55. The summed E-state index contributed by atoms with van der Waals surface area (Å²) >= 11 is 6.92. The summed E-state index contributed by atoms with van der Waals surface area (Å²) in [5.74, 6) is -0.330. The molecule has 0 saturated heterocycles. The summed E-state index contributed by atoms with van der Waals surface area (Å²) < 4.78 is 8.24. The van der Waals surface area contributed by atoms with E-state index in [1.54, 1.807) is 11.0 Å². The molecule has 3 aromatic rings. The highest BCUT2D eigenvalue weighted by Crippen LogP contribution is 2.38. The Kier molecular flexibility index (Phi) is 7.43. The number of hydrogen-bond acceptors (Lipinski definition) is 3. The van der Waals surface area contributed by atoms with E-state index in [1.807, 2.05) is 48.5 Å². The van der Waals surface area contributed by atoms with Crippen LogP contribution in [-0.2, 0) is 24.2 Å². The fraction of sp³-hybridized carbons (Fsp3) is 0.259. The smallest absolute Gasteiger partial charge is 0.305 e. The van der Waals surface area contributed by atoms with Crippen LogP contribution in [0.4, 0.5) is 0 Å². The third-order valence-electron chi connectivity index (χ3n) is 5.86. The van der Waals surface area contributed by atoms with Crippen LogP contribution in [0.3, 0.4) is 0 Å². The predicted molar refractivity (Wildman–Crippen MR) is 138 cm³/mol. The molecule has 1 amide bonds. The number of carbonyl (C=O) groups excluding carboxylic acids is 1. The molecular formula is C27H25Br2NO4. The van der Waals surface area contributed by atoms with E-state index in [0.717, 1.165) is 32.2 Å². The van der Waals surface area contributed by atoms with Crippen LogP contribution in [0.1, 0.15) is 40.4 Å². The second-order valence-corrected chi connectivity index (χ2v) is 10.7. The van der Waals surface area contributed by atoms with Gasteiger partial charge in [0, 0.05) is 40.4 Å². The minimum absolute atomic E-state index is 0.112. The SMILES string of the molecule is CC1(Cc2ccc(Br)cc2)Cc2cc(C(=O)N(CCC(=O)O)Cc3cccc(Br)c3)ccc2O1. The molecule has 0 aromatic heterocycles. The van der Waals surface area contributed by atoms with Crippen LogP contribution in [0.2, 0.25) is 0 Å². The fourth-order valence-electron chi connectivity index (χ4n) is 4.31. The van der Waals surface area contributed by atoms with Gasteiger partial charge in [0.05, 0.1) is 6.42 Å². The lowest BCUT2D eigenvalue weighted by Crippen LogP contribution is -2.33. The first-order valence-corrected chi connectivity index (χ1v) is 12.6. The lowest BCUT2D eigenvalue weighted by Gasteiger charge is -2.24. The third-order valence-corrected chi connectivity index (χ3v) is 6.89. The number of aliphatic carboxylic acids is 1. The van der Waals surface area contributed by atoms with Gasteiger partial charge in [0.25, 0.3) is 5.91 Å². The molecule has 0 radical (unpaired) electrons. The molecule has 1 atom stereocenters. The minimum Gasteiger partial charge on any atom is -0.487 e. The number of carboxylic acids is 1. The number of benzene rings is 3. The molecule has 176 valence electrons. The summed E-state index contributed by atoms with van der Waals surface area (Å²) in [6, 6.07) is 21.4. The molecule has 1 aliphatic heterocycles. The molecule has 1 heterocycles. The number of hydrogen-bond donors (Lipinski definition) is 1. The molecule has 7 heteroatoms. The maximum absolute atomic E-state index is 13.4. The summed E-state index contributed by atoms with van der Waals surface area (Å²) in [5.41, 5.74) is 3.25. The van der Waals surface area contributed by atoms with Gasteiger partial charge < -0.3 is 14.7 Å². The van der Waals surface area contributed by atoms with E-state index >= 15 is 0 Å². The zero-order valence-electron chi connectivity index (χ0n) is 18.8. The molecule has 5 nitrogen and oxygen atoms in total. The Morgan fingerprint density at radius 3 is 2.47 bits per heavy atom. The summed E-state index contributed by atoms with van der Waals surface area (Å²) in [4.78, 5) is 26.2. The third kappa shape index (κ3) is 6.07. The van der Waals surface area contributed by atoms with Crippen molar-refractivity contribution in [1.82, 2.24) is 4.90 Å². The maximum Gasteiger partial charge on any atom is 0.305 e. The van der Waals surface area contributed by atoms with Crippen LogP contribution in [-0.4, -0.2) is 34.0 Å². The second kappa shape index (κ2) is 10.3. The molecular weight excluding hydrogens is 562 g/mol. The van der Waals surface area contributed by atoms with Crippen molar-refractivity contribution in [3.63, 3.8) is 0 Å². The topological polar surface area (TPSA) is 66.8 Å². The summed E-state index contributed by atoms with van der Waals surface area (Å²) in [5, 5.41) is 9.18. The first-order chi connectivity index (χ1) is 16.2. The van der Waals surface area contributed by atoms with Gasteiger partial charge in [-0.25, -0.2) is 0 Å². The minimum atomic E-state index is -0.932. The number of carbonyl (C=O) groups is 2. The lowest BCUT2D eigenvalue weighted by atomic mass is 9.91. The summed E-state index contributed by atoms with van der Waals surface area (Å²) in [7, 11) is 0. The number of carboxylic acid groups (broad SMARTS) is 1. The van der Waals surface area contributed by atoms with Crippen molar-refractivity contribution in [2.75, 3.05) is 6.54 Å². The first kappa shape index (κ1) is 24.5. The maximum atomic E-state index is 13.4. The van der Waals surface area contributed by atoms with Crippen molar-refractivity contribution in [2.45, 2.75) is 38.3 Å². The highest BCUT2D eigenvalue weighted by atomic mass is 79.9. The van der Waals surface area contributed by atoms with Crippen LogP contribution < -0.4 is 4.74 Å². The van der Waals surface area contributed by atoms with Gasteiger partial charge in [-0.15, -0.1) is 0 Å². The Bertz CT molecular complexity index is 1210. The van der Waals surface area contributed by atoms with Crippen LogP contribution in [0.25, 0.3) is 0 Å². The van der Waals surface area contributed by atoms with Crippen molar-refractivity contribution < 1.29 is 19.4 Å². The Labute approximate surface area is 216 Å². The van der Waals surface area contributed by atoms with Crippen molar-refractivity contribution in [3.8, 4) is 5.75 Å². The largest absolute Gasteiger partial charge is 0.487 e. The van der Waals surface area contributed by atoms with Crippen LogP contribution >= 0.6 is 31.9 Å². The Morgan fingerprint density at radius 1 is 1.00 bits per heavy atom. The molecule has 1 unspecified atom stereocenters. The number of amides is 1. The Balaban J connectivity index is 1.52. The van der Waals surface area contributed by atoms with Crippen molar-refractivity contribution in [1.29, 1.82) is 0 Å². The van der Waals surface area contributed by atoms with Crippen molar-refractivity contribution in [3.05, 3.63) is 97.9 Å². The van der Waals surface area contributed by atoms with E-state index in [4.69, 9.17) is 4.74 Å². The van der Waals surface area contributed by atoms with Gasteiger partial charge in [0.1, 0.15) is 11.4 Å². The molecule has 34 heavy (non-hydrogen) atoms. The number of rotatable bonds is 8. The molecule has 0 saturated carbocycles. The van der Waals surface area contributed by atoms with Crippen LogP contribution in [0, 0.1) is 0 Å². The van der Waals surface area contributed by atoms with Crippen molar-refractivity contribution >= 4 is 43.7 Å². The van der Waals surface area contributed by atoms with Gasteiger partial charge in [-0.3, -0.25) is 9.59 Å². The monoisotopic (exact) mass is 585 g/mol. The number of halogens is 2. The van der Waals surface area contributed by atoms with Crippen LogP contribution in [0.15, 0.2) is 75.7 Å². The van der Waals surface area contributed by atoms with Gasteiger partial charge in [-0.1, -0.05) is 56.1 Å². The average molecular weight is 587 g/mol. The molecule has 0 aliphatic carbocycles. The first-order valence-electron chi connectivity index (χ1n) is 11.0. The molecule has 3 aromatic carbocycles. The van der Waals surface area contributed by atoms with E-state index in [1.165, 1.54) is 5.56 Å². The van der Waals surface area contributed by atoms with E-state index in [-0.39, 0.29) is 18.9 Å². The highest BCUT2D eigenvalue weighted by molar-refractivity contribution is 9.10. The van der Waals surface area contributed by atoms with E-state index < -0.39 is 11.6 Å². The average Bonchev–Trinajstić information content (AvgIpc) is 3.12. The summed E-state index contributed by atoms with van der Waals surface area (Å²) in [6.07, 6.45) is 1.34. The zero-order valence-corrected chi connectivity index (χ0v) is 21.9. The molecule has 0 fully saturated rings. The van der Waals surface area contributed by atoms with Gasteiger partial charge in [-0.2, -0.15) is 0 Å². The molecule has 1 N–H and O–H groups in total. The molecule has 4 rings (SSSR count).